The zero-order valence-electron chi connectivity index (χ0n) is 13.9. The number of carbonyl (C=O) groups excluding carboxylic acids is 1. The summed E-state index contributed by atoms with van der Waals surface area (Å²) in [6.07, 6.45) is -0.263. The van der Waals surface area contributed by atoms with E-state index in [4.69, 9.17) is 33.0 Å². The molecule has 2 heterocycles. The Hall–Kier alpha value is -1.90. The molecule has 0 unspecified atom stereocenters. The minimum Gasteiger partial charge on any atom is -0.450 e. The Morgan fingerprint density at radius 3 is 2.72 bits per heavy atom. The molecule has 7 nitrogen and oxygen atoms in total. The Morgan fingerprint density at radius 2 is 2.04 bits per heavy atom. The highest BCUT2D eigenvalue weighted by Gasteiger charge is 2.22. The van der Waals surface area contributed by atoms with Crippen molar-refractivity contribution in [3.05, 3.63) is 34.1 Å². The van der Waals surface area contributed by atoms with Crippen LogP contribution in [-0.4, -0.2) is 58.5 Å². The maximum atomic E-state index is 11.7. The molecule has 0 spiro atoms. The number of halogens is 1. The Labute approximate surface area is 155 Å². The molecule has 3 rings (SSSR count). The fraction of sp³-hybridized carbons (Fsp3) is 0.438. The van der Waals surface area contributed by atoms with Gasteiger partial charge in [-0.15, -0.1) is 5.10 Å². The lowest BCUT2D eigenvalue weighted by Crippen LogP contribution is -2.49. The smallest absolute Gasteiger partial charge is 0.409 e. The number of rotatable bonds is 4. The summed E-state index contributed by atoms with van der Waals surface area (Å²) in [6.45, 7) is 5.35. The fourth-order valence-corrected chi connectivity index (χ4v) is 3.01. The maximum Gasteiger partial charge on any atom is 0.409 e. The molecular formula is C16H19ClN4O3S. The van der Waals surface area contributed by atoms with Gasteiger partial charge in [0.1, 0.15) is 0 Å². The second-order valence-corrected chi connectivity index (χ2v) is 6.35. The molecule has 2 aromatic rings. The van der Waals surface area contributed by atoms with Gasteiger partial charge in [-0.2, -0.15) is 0 Å². The molecular weight excluding hydrogens is 364 g/mol. The molecule has 1 amide bonds. The summed E-state index contributed by atoms with van der Waals surface area (Å²) in [5, 5.41) is 5.00. The summed E-state index contributed by atoms with van der Waals surface area (Å²) in [5.74, 6) is 0.403. The van der Waals surface area contributed by atoms with E-state index in [-0.39, 0.29) is 6.09 Å². The van der Waals surface area contributed by atoms with Crippen LogP contribution in [0.3, 0.4) is 0 Å². The van der Waals surface area contributed by atoms with Crippen LogP contribution in [0.25, 0.3) is 11.5 Å². The minimum absolute atomic E-state index is 0.263. The van der Waals surface area contributed by atoms with Gasteiger partial charge in [-0.05, 0) is 31.3 Å². The lowest BCUT2D eigenvalue weighted by molar-refractivity contribution is 0.0688. The first kappa shape index (κ1) is 17.9. The zero-order valence-corrected chi connectivity index (χ0v) is 15.4. The van der Waals surface area contributed by atoms with Gasteiger partial charge in [0, 0.05) is 26.2 Å². The van der Waals surface area contributed by atoms with E-state index in [1.165, 1.54) is 0 Å². The van der Waals surface area contributed by atoms with Crippen molar-refractivity contribution in [3.8, 4) is 11.5 Å². The molecule has 1 fully saturated rings. The molecule has 1 aromatic carbocycles. The monoisotopic (exact) mass is 382 g/mol. The number of amides is 1. The van der Waals surface area contributed by atoms with E-state index in [9.17, 15) is 4.79 Å². The summed E-state index contributed by atoms with van der Waals surface area (Å²) in [6, 6.07) is 7.34. The molecule has 9 heteroatoms. The summed E-state index contributed by atoms with van der Waals surface area (Å²) in [5.41, 5.74) is 0.709. The molecule has 0 atom stereocenters. The number of ether oxygens (including phenoxy) is 1. The predicted octanol–water partition coefficient (Wildman–Crippen LogP) is 3.26. The first-order valence-electron chi connectivity index (χ1n) is 8.05. The molecule has 25 heavy (non-hydrogen) atoms. The Balaban J connectivity index is 1.64. The maximum absolute atomic E-state index is 11.7. The SMILES string of the molecule is CCOC(=O)N1CCN(Cn2nc(-c3ccccc3Cl)oc2=S)CC1. The first-order chi connectivity index (χ1) is 12.1. The van der Waals surface area contributed by atoms with E-state index < -0.39 is 0 Å². The average Bonchev–Trinajstić information content (AvgIpc) is 2.96. The van der Waals surface area contributed by atoms with E-state index in [1.807, 2.05) is 18.2 Å². The van der Waals surface area contributed by atoms with E-state index in [0.717, 1.165) is 13.1 Å². The molecule has 0 saturated carbocycles. The van der Waals surface area contributed by atoms with Crippen molar-refractivity contribution in [2.24, 2.45) is 0 Å². The van der Waals surface area contributed by atoms with Gasteiger partial charge >= 0.3 is 6.09 Å². The fourth-order valence-electron chi connectivity index (χ4n) is 2.62. The number of carbonyl (C=O) groups is 1. The number of piperazine rings is 1. The van der Waals surface area contributed by atoms with Crippen LogP contribution in [0.5, 0.6) is 0 Å². The van der Waals surface area contributed by atoms with E-state index in [1.54, 1.807) is 22.6 Å². The second-order valence-electron chi connectivity index (χ2n) is 5.60. The van der Waals surface area contributed by atoms with Gasteiger partial charge in [-0.25, -0.2) is 9.48 Å². The topological polar surface area (TPSA) is 63.7 Å². The number of hydrogen-bond acceptors (Lipinski definition) is 6. The summed E-state index contributed by atoms with van der Waals surface area (Å²) < 4.78 is 12.2. The van der Waals surface area contributed by atoms with Gasteiger partial charge in [-0.1, -0.05) is 23.7 Å². The van der Waals surface area contributed by atoms with Crippen molar-refractivity contribution in [2.45, 2.75) is 13.6 Å². The van der Waals surface area contributed by atoms with Crippen LogP contribution in [0.4, 0.5) is 4.79 Å². The number of aromatic nitrogens is 2. The van der Waals surface area contributed by atoms with Crippen LogP contribution >= 0.6 is 23.8 Å². The molecule has 1 aliphatic heterocycles. The zero-order chi connectivity index (χ0) is 17.8. The van der Waals surface area contributed by atoms with Crippen LogP contribution in [0, 0.1) is 4.84 Å². The molecule has 134 valence electrons. The average molecular weight is 383 g/mol. The Bertz CT molecular complexity index is 799. The highest BCUT2D eigenvalue weighted by molar-refractivity contribution is 7.71. The molecule has 0 aliphatic carbocycles. The molecule has 1 saturated heterocycles. The van der Waals surface area contributed by atoms with Crippen molar-refractivity contribution in [3.63, 3.8) is 0 Å². The number of nitrogens with zero attached hydrogens (tertiary/aromatic N) is 4. The third kappa shape index (κ3) is 4.20. The van der Waals surface area contributed by atoms with Crippen LogP contribution < -0.4 is 0 Å². The van der Waals surface area contributed by atoms with Gasteiger partial charge in [0.25, 0.3) is 4.84 Å². The normalized spacial score (nSPS) is 15.4. The van der Waals surface area contributed by atoms with Crippen molar-refractivity contribution < 1.29 is 13.9 Å². The van der Waals surface area contributed by atoms with Crippen LogP contribution in [-0.2, 0) is 11.4 Å². The van der Waals surface area contributed by atoms with Crippen molar-refractivity contribution in [1.82, 2.24) is 19.6 Å². The summed E-state index contributed by atoms with van der Waals surface area (Å²) >= 11 is 11.4. The molecule has 0 radical (unpaired) electrons. The highest BCUT2D eigenvalue weighted by atomic mass is 35.5. The van der Waals surface area contributed by atoms with Crippen molar-refractivity contribution in [2.75, 3.05) is 32.8 Å². The quantitative estimate of drug-likeness (QED) is 0.756. The van der Waals surface area contributed by atoms with Crippen molar-refractivity contribution in [1.29, 1.82) is 0 Å². The molecule has 0 bridgehead atoms. The largest absolute Gasteiger partial charge is 0.450 e. The van der Waals surface area contributed by atoms with Crippen LogP contribution in [0.1, 0.15) is 6.92 Å². The third-order valence-corrected chi connectivity index (χ3v) is 4.57. The van der Waals surface area contributed by atoms with Crippen LogP contribution in [0.15, 0.2) is 28.7 Å². The predicted molar refractivity (Wildman–Crippen MR) is 95.9 cm³/mol. The van der Waals surface area contributed by atoms with Gasteiger partial charge in [0.15, 0.2) is 0 Å². The molecule has 0 N–H and O–H groups in total. The van der Waals surface area contributed by atoms with E-state index in [0.29, 0.717) is 47.7 Å². The lowest BCUT2D eigenvalue weighted by Gasteiger charge is -2.33. The van der Waals surface area contributed by atoms with E-state index >= 15 is 0 Å². The molecule has 1 aliphatic rings. The van der Waals surface area contributed by atoms with Gasteiger partial charge in [0.2, 0.25) is 5.89 Å². The summed E-state index contributed by atoms with van der Waals surface area (Å²) in [4.78, 5) is 15.9. The standard InChI is InChI=1S/C16H19ClN4O3S/c1-2-23-15(22)20-9-7-19(8-10-20)11-21-16(25)24-14(18-21)12-5-3-4-6-13(12)17/h3-6H,2,7-11H2,1H3. The highest BCUT2D eigenvalue weighted by Crippen LogP contribution is 2.26. The molecule has 1 aromatic heterocycles. The number of benzene rings is 1. The summed E-state index contributed by atoms with van der Waals surface area (Å²) in [7, 11) is 0. The van der Waals surface area contributed by atoms with Crippen LogP contribution in [0.2, 0.25) is 5.02 Å². The second kappa shape index (κ2) is 7.99. The van der Waals surface area contributed by atoms with E-state index in [2.05, 4.69) is 10.00 Å². The Morgan fingerprint density at radius 1 is 1.32 bits per heavy atom. The van der Waals surface area contributed by atoms with Gasteiger partial charge in [0.05, 0.1) is 23.9 Å². The third-order valence-electron chi connectivity index (χ3n) is 3.94. The van der Waals surface area contributed by atoms with Gasteiger partial charge < -0.3 is 14.1 Å². The first-order valence-corrected chi connectivity index (χ1v) is 8.84. The van der Waals surface area contributed by atoms with Gasteiger partial charge in [-0.3, -0.25) is 4.90 Å². The Kier molecular flexibility index (Phi) is 5.72. The lowest BCUT2D eigenvalue weighted by atomic mass is 10.2. The number of hydrogen-bond donors (Lipinski definition) is 0. The minimum atomic E-state index is -0.263. The van der Waals surface area contributed by atoms with Crippen molar-refractivity contribution >= 4 is 29.9 Å².